The molecule has 0 heterocycles. The Kier molecular flexibility index (Phi) is 5.78. The second kappa shape index (κ2) is 7.58. The third-order valence-electron chi connectivity index (χ3n) is 4.34. The number of ketones is 1. The maximum Gasteiger partial charge on any atom is 0.191 e. The Morgan fingerprint density at radius 1 is 1.30 bits per heavy atom. The summed E-state index contributed by atoms with van der Waals surface area (Å²) in [5, 5.41) is 0. The minimum atomic E-state index is -0.257. The molecule has 0 N–H and O–H groups in total. The lowest BCUT2D eigenvalue weighted by atomic mass is 9.82. The first-order chi connectivity index (χ1) is 9.76. The van der Waals surface area contributed by atoms with Crippen LogP contribution >= 0.6 is 0 Å². The van der Waals surface area contributed by atoms with Crippen molar-refractivity contribution in [1.29, 1.82) is 0 Å². The van der Waals surface area contributed by atoms with Crippen LogP contribution in [0.5, 0.6) is 0 Å². The smallest absolute Gasteiger partial charge is 0.191 e. The van der Waals surface area contributed by atoms with Gasteiger partial charge < -0.3 is 4.74 Å². The van der Waals surface area contributed by atoms with Crippen molar-refractivity contribution >= 4 is 5.78 Å². The molecule has 2 rings (SSSR count). The van der Waals surface area contributed by atoms with Gasteiger partial charge in [-0.05, 0) is 36.8 Å². The van der Waals surface area contributed by atoms with Crippen LogP contribution in [0.4, 0.5) is 0 Å². The molecule has 1 aliphatic rings. The molecule has 2 heteroatoms. The van der Waals surface area contributed by atoms with Crippen molar-refractivity contribution in [3.8, 4) is 0 Å². The number of hydrogen-bond donors (Lipinski definition) is 0. The summed E-state index contributed by atoms with van der Waals surface area (Å²) in [7, 11) is 1.67. The zero-order valence-corrected chi connectivity index (χ0v) is 12.7. The molecule has 0 bridgehead atoms. The largest absolute Gasteiger partial charge is 0.373 e. The van der Waals surface area contributed by atoms with Gasteiger partial charge >= 0.3 is 0 Å². The van der Waals surface area contributed by atoms with Crippen molar-refractivity contribution in [2.45, 2.75) is 58.0 Å². The molecule has 1 fully saturated rings. The summed E-state index contributed by atoms with van der Waals surface area (Å²) in [6.07, 6.45) is 7.88. The highest BCUT2D eigenvalue weighted by Gasteiger charge is 2.30. The van der Waals surface area contributed by atoms with Gasteiger partial charge in [-0.2, -0.15) is 0 Å². The van der Waals surface area contributed by atoms with Gasteiger partial charge in [0.15, 0.2) is 5.78 Å². The molecule has 1 unspecified atom stereocenters. The van der Waals surface area contributed by atoms with Crippen LogP contribution in [0, 0.1) is 5.92 Å². The molecule has 1 aromatic rings. The van der Waals surface area contributed by atoms with Crippen molar-refractivity contribution in [2.24, 2.45) is 5.92 Å². The van der Waals surface area contributed by atoms with Gasteiger partial charge in [-0.15, -0.1) is 0 Å². The maximum absolute atomic E-state index is 12.7. The Bertz CT molecular complexity index is 433. The molecule has 0 aliphatic heterocycles. The van der Waals surface area contributed by atoms with Crippen LogP contribution < -0.4 is 0 Å². The standard InChI is InChI=1S/C18H26O2/c1-3-8-14-9-7-12-16(13-14)17(19)18(20-2)15-10-5-4-6-11-15/h7,9,12-13,15,18H,3-6,8,10-11H2,1-2H3. The summed E-state index contributed by atoms with van der Waals surface area (Å²) >= 11 is 0. The summed E-state index contributed by atoms with van der Waals surface area (Å²) in [5.41, 5.74) is 2.06. The van der Waals surface area contributed by atoms with Crippen molar-refractivity contribution in [3.63, 3.8) is 0 Å². The number of carbonyl (C=O) groups is 1. The van der Waals surface area contributed by atoms with Crippen molar-refractivity contribution in [2.75, 3.05) is 7.11 Å². The Labute approximate surface area is 122 Å². The number of methoxy groups -OCH3 is 1. The van der Waals surface area contributed by atoms with E-state index >= 15 is 0 Å². The molecule has 20 heavy (non-hydrogen) atoms. The predicted octanol–water partition coefficient (Wildman–Crippen LogP) is 4.42. The van der Waals surface area contributed by atoms with Gasteiger partial charge in [-0.1, -0.05) is 50.8 Å². The van der Waals surface area contributed by atoms with Crippen molar-refractivity contribution in [3.05, 3.63) is 35.4 Å². The molecule has 2 nitrogen and oxygen atoms in total. The quantitative estimate of drug-likeness (QED) is 0.718. The minimum Gasteiger partial charge on any atom is -0.373 e. The van der Waals surface area contributed by atoms with E-state index in [0.29, 0.717) is 5.92 Å². The van der Waals surface area contributed by atoms with Crippen LogP contribution in [0.1, 0.15) is 61.4 Å². The second-order valence-electron chi connectivity index (χ2n) is 5.87. The first kappa shape index (κ1) is 15.2. The highest BCUT2D eigenvalue weighted by atomic mass is 16.5. The van der Waals surface area contributed by atoms with Crippen LogP contribution in [0.25, 0.3) is 0 Å². The maximum atomic E-state index is 12.7. The van der Waals surface area contributed by atoms with Gasteiger partial charge in [0, 0.05) is 12.7 Å². The van der Waals surface area contributed by atoms with E-state index in [1.165, 1.54) is 24.8 Å². The van der Waals surface area contributed by atoms with Gasteiger partial charge in [-0.25, -0.2) is 0 Å². The summed E-state index contributed by atoms with van der Waals surface area (Å²) in [6, 6.07) is 8.06. The molecule has 1 saturated carbocycles. The fourth-order valence-corrected chi connectivity index (χ4v) is 3.28. The molecule has 0 spiro atoms. The van der Waals surface area contributed by atoms with E-state index in [0.717, 1.165) is 31.2 Å². The van der Waals surface area contributed by atoms with E-state index in [-0.39, 0.29) is 11.9 Å². The van der Waals surface area contributed by atoms with E-state index in [1.54, 1.807) is 7.11 Å². The zero-order valence-electron chi connectivity index (χ0n) is 12.7. The lowest BCUT2D eigenvalue weighted by molar-refractivity contribution is 0.0314. The highest BCUT2D eigenvalue weighted by molar-refractivity contribution is 5.99. The molecule has 1 aliphatic carbocycles. The van der Waals surface area contributed by atoms with Crippen LogP contribution in [0.2, 0.25) is 0 Å². The highest BCUT2D eigenvalue weighted by Crippen LogP contribution is 2.29. The Balaban J connectivity index is 2.12. The first-order valence-electron chi connectivity index (χ1n) is 7.92. The Morgan fingerprint density at radius 2 is 2.05 bits per heavy atom. The molecule has 1 atom stereocenters. The van der Waals surface area contributed by atoms with Crippen LogP contribution in [0.15, 0.2) is 24.3 Å². The molecule has 0 aromatic heterocycles. The predicted molar refractivity (Wildman–Crippen MR) is 82.1 cm³/mol. The average Bonchev–Trinajstić information content (AvgIpc) is 2.50. The fraction of sp³-hybridized carbons (Fsp3) is 0.611. The van der Waals surface area contributed by atoms with Gasteiger partial charge in [-0.3, -0.25) is 4.79 Å². The molecule has 110 valence electrons. The van der Waals surface area contributed by atoms with Crippen LogP contribution in [0.3, 0.4) is 0 Å². The zero-order chi connectivity index (χ0) is 14.4. The van der Waals surface area contributed by atoms with E-state index in [9.17, 15) is 4.79 Å². The topological polar surface area (TPSA) is 26.3 Å². The van der Waals surface area contributed by atoms with Crippen LogP contribution in [-0.4, -0.2) is 19.0 Å². The Morgan fingerprint density at radius 3 is 2.70 bits per heavy atom. The van der Waals surface area contributed by atoms with Crippen molar-refractivity contribution in [1.82, 2.24) is 0 Å². The van der Waals surface area contributed by atoms with E-state index in [1.807, 2.05) is 18.2 Å². The number of ether oxygens (including phenoxy) is 1. The number of benzene rings is 1. The lowest BCUT2D eigenvalue weighted by Crippen LogP contribution is -2.33. The number of rotatable bonds is 6. The summed E-state index contributed by atoms with van der Waals surface area (Å²) in [5.74, 6) is 0.563. The van der Waals surface area contributed by atoms with Gasteiger partial charge in [0.05, 0.1) is 0 Å². The minimum absolute atomic E-state index is 0.164. The van der Waals surface area contributed by atoms with E-state index in [2.05, 4.69) is 13.0 Å². The molecule has 0 amide bonds. The lowest BCUT2D eigenvalue weighted by Gasteiger charge is -2.28. The van der Waals surface area contributed by atoms with Gasteiger partial charge in [0.1, 0.15) is 6.10 Å². The third kappa shape index (κ3) is 3.69. The van der Waals surface area contributed by atoms with Gasteiger partial charge in [0.2, 0.25) is 0 Å². The van der Waals surface area contributed by atoms with E-state index < -0.39 is 0 Å². The molecular formula is C18H26O2. The molecule has 0 radical (unpaired) electrons. The molecular weight excluding hydrogens is 248 g/mol. The SMILES string of the molecule is CCCc1cccc(C(=O)C(OC)C2CCCCC2)c1. The van der Waals surface area contributed by atoms with Crippen molar-refractivity contribution < 1.29 is 9.53 Å². The second-order valence-corrected chi connectivity index (χ2v) is 5.87. The number of Topliss-reactive ketones (excluding diaryl/α,β-unsaturated/α-hetero) is 1. The third-order valence-corrected chi connectivity index (χ3v) is 4.34. The summed E-state index contributed by atoms with van der Waals surface area (Å²) < 4.78 is 5.56. The Hall–Kier alpha value is -1.15. The molecule has 0 saturated heterocycles. The number of hydrogen-bond acceptors (Lipinski definition) is 2. The average molecular weight is 274 g/mol. The monoisotopic (exact) mass is 274 g/mol. The summed E-state index contributed by atoms with van der Waals surface area (Å²) in [4.78, 5) is 12.7. The van der Waals surface area contributed by atoms with Crippen LogP contribution in [-0.2, 0) is 11.2 Å². The number of aryl methyl sites for hydroxylation is 1. The molecule has 1 aromatic carbocycles. The normalized spacial score (nSPS) is 17.9. The first-order valence-corrected chi connectivity index (χ1v) is 7.92. The summed E-state index contributed by atoms with van der Waals surface area (Å²) in [6.45, 7) is 2.16. The van der Waals surface area contributed by atoms with Gasteiger partial charge in [0.25, 0.3) is 0 Å². The van der Waals surface area contributed by atoms with E-state index in [4.69, 9.17) is 4.74 Å². The number of carbonyl (C=O) groups excluding carboxylic acids is 1. The fourth-order valence-electron chi connectivity index (χ4n) is 3.28.